The van der Waals surface area contributed by atoms with Crippen LogP contribution in [0.25, 0.3) is 0 Å². The van der Waals surface area contributed by atoms with Gasteiger partial charge in [0.25, 0.3) is 0 Å². The highest BCUT2D eigenvalue weighted by Gasteiger charge is 2.11. The van der Waals surface area contributed by atoms with Gasteiger partial charge >= 0.3 is 5.69 Å². The first-order chi connectivity index (χ1) is 5.25. The standard InChI is InChI=1S/C5H3N3O2S/c9-8(10)4-2-1-3-6-5(4)7-11/h1-3H. The molecule has 0 spiro atoms. The van der Waals surface area contributed by atoms with Gasteiger partial charge in [0.1, 0.15) is 0 Å². The van der Waals surface area contributed by atoms with E-state index in [2.05, 4.69) is 21.8 Å². The van der Waals surface area contributed by atoms with Crippen LogP contribution in [-0.4, -0.2) is 9.91 Å². The zero-order valence-electron chi connectivity index (χ0n) is 5.30. The first-order valence-electron chi connectivity index (χ1n) is 2.68. The molecule has 0 aliphatic rings. The molecule has 0 aromatic carbocycles. The second kappa shape index (κ2) is 3.11. The molecule has 56 valence electrons. The van der Waals surface area contributed by atoms with Gasteiger partial charge in [-0.3, -0.25) is 10.1 Å². The highest BCUT2D eigenvalue weighted by molar-refractivity contribution is 7.47. The summed E-state index contributed by atoms with van der Waals surface area (Å²) in [7, 11) is 0. The Morgan fingerprint density at radius 1 is 1.73 bits per heavy atom. The van der Waals surface area contributed by atoms with Crippen LogP contribution >= 0.6 is 0 Å². The molecule has 1 rings (SSSR count). The summed E-state index contributed by atoms with van der Waals surface area (Å²) < 4.78 is 3.22. The van der Waals surface area contributed by atoms with Crippen LogP contribution in [0.2, 0.25) is 0 Å². The molecule has 0 atom stereocenters. The molecule has 6 heteroatoms. The van der Waals surface area contributed by atoms with Gasteiger partial charge in [-0.15, -0.1) is 0 Å². The summed E-state index contributed by atoms with van der Waals surface area (Å²) in [6, 6.07) is 2.76. The molecule has 0 saturated heterocycles. The lowest BCUT2D eigenvalue weighted by Gasteiger charge is -1.91. The van der Waals surface area contributed by atoms with E-state index >= 15 is 0 Å². The Balaban J connectivity index is 3.22. The minimum absolute atomic E-state index is 0.0208. The van der Waals surface area contributed by atoms with E-state index in [1.54, 1.807) is 0 Å². The molecule has 0 saturated carbocycles. The van der Waals surface area contributed by atoms with Crippen molar-refractivity contribution in [2.24, 2.45) is 4.36 Å². The van der Waals surface area contributed by atoms with Crippen LogP contribution in [0.5, 0.6) is 0 Å². The molecule has 11 heavy (non-hydrogen) atoms. The van der Waals surface area contributed by atoms with Crippen molar-refractivity contribution in [3.05, 3.63) is 28.4 Å². The lowest BCUT2D eigenvalue weighted by atomic mass is 10.4. The van der Waals surface area contributed by atoms with Gasteiger partial charge in [0, 0.05) is 24.7 Å². The zero-order valence-corrected chi connectivity index (χ0v) is 6.11. The number of nitrogens with zero attached hydrogens (tertiary/aromatic N) is 3. The Morgan fingerprint density at radius 2 is 2.45 bits per heavy atom. The van der Waals surface area contributed by atoms with Gasteiger partial charge in [-0.25, -0.2) is 4.98 Å². The molecule has 0 radical (unpaired) electrons. The normalized spacial score (nSPS) is 9.09. The molecule has 1 aromatic rings. The topological polar surface area (TPSA) is 68.4 Å². The van der Waals surface area contributed by atoms with E-state index in [-0.39, 0.29) is 11.5 Å². The van der Waals surface area contributed by atoms with E-state index in [0.29, 0.717) is 0 Å². The lowest BCUT2D eigenvalue weighted by molar-refractivity contribution is -0.384. The molecule has 0 N–H and O–H groups in total. The van der Waals surface area contributed by atoms with Crippen molar-refractivity contribution in [1.82, 2.24) is 4.98 Å². The third kappa shape index (κ3) is 1.53. The second-order valence-corrected chi connectivity index (χ2v) is 1.88. The fraction of sp³-hybridized carbons (Fsp3) is 0. The van der Waals surface area contributed by atoms with Crippen molar-refractivity contribution in [3.63, 3.8) is 0 Å². The summed E-state index contributed by atoms with van der Waals surface area (Å²) in [5.74, 6) is -0.0208. The fourth-order valence-corrected chi connectivity index (χ4v) is 0.742. The Morgan fingerprint density at radius 3 is 2.91 bits per heavy atom. The van der Waals surface area contributed by atoms with Crippen LogP contribution in [-0.2, 0) is 12.4 Å². The molecule has 1 aromatic heterocycles. The molecule has 0 aliphatic carbocycles. The maximum Gasteiger partial charge on any atom is 0.314 e. The largest absolute Gasteiger partial charge is 0.314 e. The van der Waals surface area contributed by atoms with E-state index in [1.165, 1.54) is 18.3 Å². The Hall–Kier alpha value is -1.43. The van der Waals surface area contributed by atoms with Crippen LogP contribution in [0.4, 0.5) is 11.5 Å². The summed E-state index contributed by atoms with van der Waals surface area (Å²) in [5.41, 5.74) is -0.164. The Labute approximate surface area is 67.4 Å². The fourth-order valence-electron chi connectivity index (χ4n) is 0.601. The van der Waals surface area contributed by atoms with Gasteiger partial charge in [-0.1, -0.05) is 0 Å². The van der Waals surface area contributed by atoms with Crippen molar-refractivity contribution < 1.29 is 4.92 Å². The highest BCUT2D eigenvalue weighted by Crippen LogP contribution is 2.22. The SMILES string of the molecule is O=[N+]([O-])c1cccnc1N=S. The second-order valence-electron chi connectivity index (χ2n) is 1.69. The third-order valence-electron chi connectivity index (χ3n) is 1.05. The molecule has 0 fully saturated rings. The summed E-state index contributed by atoms with van der Waals surface area (Å²) >= 11 is 4.28. The molecule has 0 aliphatic heterocycles. The molecular formula is C5H3N3O2S. The first kappa shape index (κ1) is 7.67. The molecular weight excluding hydrogens is 166 g/mol. The zero-order chi connectivity index (χ0) is 8.27. The van der Waals surface area contributed by atoms with Gasteiger partial charge in [-0.2, -0.15) is 4.36 Å². The number of hydrogen-bond acceptors (Lipinski definition) is 5. The predicted octanol–water partition coefficient (Wildman–Crippen LogP) is 1.35. The average Bonchev–Trinajstić information content (AvgIpc) is 2.04. The van der Waals surface area contributed by atoms with E-state index in [9.17, 15) is 10.1 Å². The molecule has 1 heterocycles. The summed E-state index contributed by atoms with van der Waals surface area (Å²) in [4.78, 5) is 13.3. The van der Waals surface area contributed by atoms with Gasteiger partial charge in [0.15, 0.2) is 0 Å². The van der Waals surface area contributed by atoms with E-state index in [4.69, 9.17) is 0 Å². The van der Waals surface area contributed by atoms with Crippen molar-refractivity contribution in [2.75, 3.05) is 0 Å². The molecule has 0 amide bonds. The van der Waals surface area contributed by atoms with Crippen LogP contribution in [0.1, 0.15) is 0 Å². The Bertz CT molecular complexity index is 302. The van der Waals surface area contributed by atoms with Crippen molar-refractivity contribution in [2.45, 2.75) is 0 Å². The van der Waals surface area contributed by atoms with Gasteiger partial charge in [0.05, 0.1) is 4.92 Å². The molecule has 0 bridgehead atoms. The monoisotopic (exact) mass is 169 g/mol. The third-order valence-corrected chi connectivity index (χ3v) is 1.22. The van der Waals surface area contributed by atoms with Crippen molar-refractivity contribution in [3.8, 4) is 0 Å². The molecule has 0 unspecified atom stereocenters. The minimum atomic E-state index is -0.571. The van der Waals surface area contributed by atoms with Crippen LogP contribution in [0.15, 0.2) is 22.7 Å². The van der Waals surface area contributed by atoms with Gasteiger partial charge in [0.2, 0.25) is 5.82 Å². The quantitative estimate of drug-likeness (QED) is 0.495. The average molecular weight is 169 g/mol. The molecule has 5 nitrogen and oxygen atoms in total. The Kier molecular flexibility index (Phi) is 2.17. The number of aromatic nitrogens is 1. The first-order valence-corrected chi connectivity index (χ1v) is 3.05. The van der Waals surface area contributed by atoms with E-state index in [1.807, 2.05) is 0 Å². The van der Waals surface area contributed by atoms with E-state index in [0.717, 1.165) is 0 Å². The summed E-state index contributed by atoms with van der Waals surface area (Å²) in [6.45, 7) is 0. The number of rotatable bonds is 2. The maximum atomic E-state index is 10.2. The number of hydrogen-bond donors (Lipinski definition) is 0. The number of nitro groups is 1. The lowest BCUT2D eigenvalue weighted by Crippen LogP contribution is -1.88. The maximum absolute atomic E-state index is 10.2. The van der Waals surface area contributed by atoms with E-state index < -0.39 is 4.92 Å². The van der Waals surface area contributed by atoms with Gasteiger partial charge in [-0.05, 0) is 6.07 Å². The summed E-state index contributed by atoms with van der Waals surface area (Å²) in [6.07, 6.45) is 1.40. The minimum Gasteiger partial charge on any atom is -0.258 e. The van der Waals surface area contributed by atoms with Crippen molar-refractivity contribution in [1.29, 1.82) is 0 Å². The predicted molar refractivity (Wildman–Crippen MR) is 40.3 cm³/mol. The van der Waals surface area contributed by atoms with Crippen molar-refractivity contribution >= 4 is 23.9 Å². The van der Waals surface area contributed by atoms with Crippen LogP contribution in [0.3, 0.4) is 0 Å². The smallest absolute Gasteiger partial charge is 0.258 e. The van der Waals surface area contributed by atoms with Crippen LogP contribution < -0.4 is 0 Å². The summed E-state index contributed by atoms with van der Waals surface area (Å²) in [5, 5.41) is 10.2. The highest BCUT2D eigenvalue weighted by atomic mass is 32.1. The van der Waals surface area contributed by atoms with Crippen LogP contribution in [0, 0.1) is 10.1 Å². The van der Waals surface area contributed by atoms with Gasteiger partial charge < -0.3 is 0 Å². The number of pyridine rings is 1.